The van der Waals surface area contributed by atoms with E-state index in [0.717, 1.165) is 25.9 Å². The third-order valence-corrected chi connectivity index (χ3v) is 5.14. The first-order chi connectivity index (χ1) is 11.8. The summed E-state index contributed by atoms with van der Waals surface area (Å²) in [5, 5.41) is 2.08. The number of carbonyl (C=O) groups is 1. The minimum atomic E-state index is 0.266. The summed E-state index contributed by atoms with van der Waals surface area (Å²) in [5.74, 6) is 0.691. The van der Waals surface area contributed by atoms with Crippen LogP contribution >= 0.6 is 11.3 Å². The zero-order chi connectivity index (χ0) is 18.3. The van der Waals surface area contributed by atoms with Crippen LogP contribution in [0, 0.1) is 11.3 Å². The monoisotopic (exact) mass is 357 g/mol. The summed E-state index contributed by atoms with van der Waals surface area (Å²) >= 11 is 1.73. The maximum Gasteiger partial charge on any atom is 0.223 e. The Balaban J connectivity index is 1.98. The predicted molar refractivity (Wildman–Crippen MR) is 108 cm³/mol. The topological polar surface area (TPSA) is 20.3 Å². The van der Waals surface area contributed by atoms with Crippen LogP contribution in [0.2, 0.25) is 0 Å². The van der Waals surface area contributed by atoms with Crippen LogP contribution in [0.25, 0.3) is 0 Å². The highest BCUT2D eigenvalue weighted by molar-refractivity contribution is 7.09. The van der Waals surface area contributed by atoms with Crippen LogP contribution in [0.4, 0.5) is 0 Å². The van der Waals surface area contributed by atoms with E-state index in [2.05, 4.69) is 69.5 Å². The fourth-order valence-electron chi connectivity index (χ4n) is 3.34. The van der Waals surface area contributed by atoms with Gasteiger partial charge in [-0.15, -0.1) is 11.3 Å². The van der Waals surface area contributed by atoms with Gasteiger partial charge in [-0.3, -0.25) is 4.79 Å². The molecule has 0 radical (unpaired) electrons. The number of rotatable bonds is 8. The average molecular weight is 358 g/mol. The second-order valence-corrected chi connectivity index (χ2v) is 9.24. The summed E-state index contributed by atoms with van der Waals surface area (Å²) in [7, 11) is 0. The molecule has 0 saturated carbocycles. The van der Waals surface area contributed by atoms with E-state index in [4.69, 9.17) is 0 Å². The third kappa shape index (κ3) is 7.43. The first kappa shape index (κ1) is 19.7. The lowest BCUT2D eigenvalue weighted by Gasteiger charge is -2.27. The molecule has 2 aromatic rings. The number of amides is 1. The molecule has 0 spiro atoms. The quantitative estimate of drug-likeness (QED) is 0.586. The molecule has 2 rings (SSSR count). The van der Waals surface area contributed by atoms with Crippen LogP contribution in [0.3, 0.4) is 0 Å². The predicted octanol–water partition coefficient (Wildman–Crippen LogP) is 5.78. The van der Waals surface area contributed by atoms with Crippen LogP contribution in [-0.2, 0) is 17.8 Å². The van der Waals surface area contributed by atoms with E-state index in [1.807, 2.05) is 11.0 Å². The first-order valence-electron chi connectivity index (χ1n) is 9.17. The maximum absolute atomic E-state index is 12.9. The summed E-state index contributed by atoms with van der Waals surface area (Å²) in [6.07, 6.45) is 2.62. The summed E-state index contributed by atoms with van der Waals surface area (Å²) < 4.78 is 0. The van der Waals surface area contributed by atoms with Gasteiger partial charge in [0.1, 0.15) is 0 Å². The van der Waals surface area contributed by atoms with Gasteiger partial charge in [0.25, 0.3) is 0 Å². The van der Waals surface area contributed by atoms with Gasteiger partial charge in [-0.25, -0.2) is 0 Å². The number of hydrogen-bond donors (Lipinski definition) is 0. The Kier molecular flexibility index (Phi) is 7.24. The van der Waals surface area contributed by atoms with E-state index >= 15 is 0 Å². The van der Waals surface area contributed by atoms with Gasteiger partial charge >= 0.3 is 0 Å². The van der Waals surface area contributed by atoms with Crippen LogP contribution in [0.5, 0.6) is 0 Å². The van der Waals surface area contributed by atoms with Crippen molar-refractivity contribution in [3.05, 3.63) is 58.3 Å². The Hall–Kier alpha value is -1.61. The Labute approximate surface area is 156 Å². The molecule has 136 valence electrons. The highest BCUT2D eigenvalue weighted by atomic mass is 32.1. The lowest BCUT2D eigenvalue weighted by molar-refractivity contribution is -0.132. The Bertz CT molecular complexity index is 628. The molecule has 0 aliphatic heterocycles. The molecule has 25 heavy (non-hydrogen) atoms. The zero-order valence-electron chi connectivity index (χ0n) is 16.0. The largest absolute Gasteiger partial charge is 0.337 e. The van der Waals surface area contributed by atoms with Crippen molar-refractivity contribution in [3.8, 4) is 0 Å². The second kappa shape index (κ2) is 9.19. The number of hydrogen-bond acceptors (Lipinski definition) is 2. The molecule has 1 atom stereocenters. The maximum atomic E-state index is 12.9. The van der Waals surface area contributed by atoms with E-state index in [-0.39, 0.29) is 11.3 Å². The van der Waals surface area contributed by atoms with Crippen molar-refractivity contribution in [1.29, 1.82) is 0 Å². The molecule has 2 nitrogen and oxygen atoms in total. The second-order valence-electron chi connectivity index (χ2n) is 8.20. The van der Waals surface area contributed by atoms with E-state index in [1.54, 1.807) is 11.3 Å². The van der Waals surface area contributed by atoms with Crippen molar-refractivity contribution < 1.29 is 4.79 Å². The van der Waals surface area contributed by atoms with E-state index in [9.17, 15) is 4.79 Å². The van der Waals surface area contributed by atoms with Crippen molar-refractivity contribution in [2.24, 2.45) is 11.3 Å². The lowest BCUT2D eigenvalue weighted by atomic mass is 9.84. The normalized spacial score (nSPS) is 12.8. The molecular weight excluding hydrogens is 326 g/mol. The van der Waals surface area contributed by atoms with Gasteiger partial charge in [0, 0.05) is 17.8 Å². The van der Waals surface area contributed by atoms with Crippen LogP contribution in [0.15, 0.2) is 47.8 Å². The molecule has 1 unspecified atom stereocenters. The molecule has 0 aliphatic carbocycles. The van der Waals surface area contributed by atoms with Crippen molar-refractivity contribution in [2.75, 3.05) is 6.54 Å². The average Bonchev–Trinajstić information content (AvgIpc) is 3.03. The molecule has 0 fully saturated rings. The SMILES string of the molecule is CC(CC(=O)N(CCc1ccccc1)Cc1cccs1)CC(C)(C)C. The van der Waals surface area contributed by atoms with E-state index in [0.29, 0.717) is 12.3 Å². The first-order valence-corrected chi connectivity index (χ1v) is 10.1. The summed E-state index contributed by atoms with van der Waals surface area (Å²) in [6, 6.07) is 14.6. The number of benzene rings is 1. The summed E-state index contributed by atoms with van der Waals surface area (Å²) in [4.78, 5) is 16.2. The smallest absolute Gasteiger partial charge is 0.223 e. The Morgan fingerprint density at radius 3 is 2.44 bits per heavy atom. The van der Waals surface area contributed by atoms with Gasteiger partial charge in [0.05, 0.1) is 6.54 Å². The van der Waals surface area contributed by atoms with E-state index in [1.165, 1.54) is 10.4 Å². The fourth-order valence-corrected chi connectivity index (χ4v) is 4.06. The molecule has 0 N–H and O–H groups in total. The summed E-state index contributed by atoms with van der Waals surface area (Å²) in [5.41, 5.74) is 1.55. The lowest BCUT2D eigenvalue weighted by Crippen LogP contribution is -2.33. The van der Waals surface area contributed by atoms with Gasteiger partial charge in [-0.05, 0) is 41.2 Å². The molecule has 0 aliphatic rings. The third-order valence-electron chi connectivity index (χ3n) is 4.28. The molecule has 1 amide bonds. The van der Waals surface area contributed by atoms with Crippen LogP contribution in [-0.4, -0.2) is 17.4 Å². The standard InChI is InChI=1S/C22H31NOS/c1-18(16-22(2,3)4)15-21(24)23(17-20-11-8-14-25-20)13-12-19-9-6-5-7-10-19/h5-11,14,18H,12-13,15-17H2,1-4H3. The van der Waals surface area contributed by atoms with Gasteiger partial charge < -0.3 is 4.90 Å². The zero-order valence-corrected chi connectivity index (χ0v) is 16.8. The van der Waals surface area contributed by atoms with Gasteiger partial charge in [0.15, 0.2) is 0 Å². The fraction of sp³-hybridized carbons (Fsp3) is 0.500. The number of nitrogens with zero attached hydrogens (tertiary/aromatic N) is 1. The molecule has 3 heteroatoms. The Morgan fingerprint density at radius 2 is 1.84 bits per heavy atom. The highest BCUT2D eigenvalue weighted by Gasteiger charge is 2.21. The highest BCUT2D eigenvalue weighted by Crippen LogP contribution is 2.26. The summed E-state index contributed by atoms with van der Waals surface area (Å²) in [6.45, 7) is 10.4. The van der Waals surface area contributed by atoms with Gasteiger partial charge in [-0.1, -0.05) is 64.1 Å². The molecule has 1 aromatic heterocycles. The van der Waals surface area contributed by atoms with Crippen molar-refractivity contribution in [1.82, 2.24) is 4.90 Å². The van der Waals surface area contributed by atoms with Gasteiger partial charge in [0.2, 0.25) is 5.91 Å². The number of thiophene rings is 1. The molecule has 0 saturated heterocycles. The number of carbonyl (C=O) groups excluding carboxylic acids is 1. The van der Waals surface area contributed by atoms with Crippen LogP contribution in [0.1, 0.15) is 51.0 Å². The van der Waals surface area contributed by atoms with Crippen molar-refractivity contribution in [2.45, 2.75) is 53.5 Å². The van der Waals surface area contributed by atoms with Crippen molar-refractivity contribution >= 4 is 17.2 Å². The molecular formula is C22H31NOS. The minimum Gasteiger partial charge on any atom is -0.337 e. The molecule has 0 bridgehead atoms. The van der Waals surface area contributed by atoms with Gasteiger partial charge in [-0.2, -0.15) is 0 Å². The minimum absolute atomic E-state index is 0.266. The van der Waals surface area contributed by atoms with E-state index < -0.39 is 0 Å². The Morgan fingerprint density at radius 1 is 1.12 bits per heavy atom. The van der Waals surface area contributed by atoms with Crippen molar-refractivity contribution in [3.63, 3.8) is 0 Å². The molecule has 1 aromatic carbocycles. The van der Waals surface area contributed by atoms with Crippen LogP contribution < -0.4 is 0 Å². The molecule has 1 heterocycles.